The molecule has 0 aliphatic heterocycles. The van der Waals surface area contributed by atoms with Gasteiger partial charge in [0.2, 0.25) is 0 Å². The van der Waals surface area contributed by atoms with Crippen LogP contribution in [0.4, 0.5) is 8.78 Å². The van der Waals surface area contributed by atoms with Gasteiger partial charge < -0.3 is 10.1 Å². The van der Waals surface area contributed by atoms with Crippen LogP contribution >= 0.6 is 0 Å². The largest absolute Gasteiger partial charge is 0.468 e. The highest BCUT2D eigenvalue weighted by Crippen LogP contribution is 2.19. The number of rotatable bonds is 7. The molecule has 0 aliphatic rings. The van der Waals surface area contributed by atoms with E-state index in [0.29, 0.717) is 0 Å². The van der Waals surface area contributed by atoms with Crippen molar-refractivity contribution >= 4 is 5.91 Å². The summed E-state index contributed by atoms with van der Waals surface area (Å²) in [5, 5.41) is 11.3. The van der Waals surface area contributed by atoms with Gasteiger partial charge in [0.1, 0.15) is 11.5 Å². The van der Waals surface area contributed by atoms with Gasteiger partial charge in [0.25, 0.3) is 5.91 Å². The number of carbonyl (C=O) groups is 1. The minimum Gasteiger partial charge on any atom is -0.468 e. The minimum absolute atomic E-state index is 0.0973. The van der Waals surface area contributed by atoms with Crippen molar-refractivity contribution in [2.75, 3.05) is 0 Å². The molecule has 9 heteroatoms. The molecule has 1 unspecified atom stereocenters. The number of carbonyl (C=O) groups excluding carboxylic acids is 1. The number of ether oxygens (including phenoxy) is 1. The summed E-state index contributed by atoms with van der Waals surface area (Å²) in [5.74, 6) is -1.93. The lowest BCUT2D eigenvalue weighted by Gasteiger charge is -2.13. The Balaban J connectivity index is 1.61. The molecule has 28 heavy (non-hydrogen) atoms. The predicted molar refractivity (Wildman–Crippen MR) is 97.7 cm³/mol. The van der Waals surface area contributed by atoms with Gasteiger partial charge in [0.15, 0.2) is 18.3 Å². The smallest absolute Gasteiger partial charge is 0.272 e. The van der Waals surface area contributed by atoms with E-state index in [1.165, 1.54) is 16.8 Å². The summed E-state index contributed by atoms with van der Waals surface area (Å²) in [5.41, 5.74) is 2.14. The summed E-state index contributed by atoms with van der Waals surface area (Å²) in [6.45, 7) is 6.47. The summed E-state index contributed by atoms with van der Waals surface area (Å²) in [6, 6.07) is 4.34. The summed E-state index contributed by atoms with van der Waals surface area (Å²) < 4.78 is 35.0. The molecular formula is C19H21F2N5O2. The molecule has 2 heterocycles. The molecule has 1 aromatic carbocycles. The van der Waals surface area contributed by atoms with Crippen molar-refractivity contribution in [2.24, 2.45) is 0 Å². The number of nitrogens with one attached hydrogen (secondary N) is 1. The fourth-order valence-electron chi connectivity index (χ4n) is 2.84. The SMILES string of the molecule is CCn1ncc(C(C)NC(=O)c2ccn(COc3ccc(F)cc3F)n2)c1C. The van der Waals surface area contributed by atoms with Gasteiger partial charge in [-0.15, -0.1) is 0 Å². The van der Waals surface area contributed by atoms with Crippen LogP contribution < -0.4 is 10.1 Å². The van der Waals surface area contributed by atoms with Crippen molar-refractivity contribution in [2.45, 2.75) is 40.1 Å². The topological polar surface area (TPSA) is 74.0 Å². The molecule has 148 valence electrons. The van der Waals surface area contributed by atoms with E-state index in [1.54, 1.807) is 12.4 Å². The first-order valence-electron chi connectivity index (χ1n) is 8.83. The normalized spacial score (nSPS) is 12.0. The molecule has 1 N–H and O–H groups in total. The monoisotopic (exact) mass is 389 g/mol. The average Bonchev–Trinajstić information content (AvgIpc) is 3.27. The maximum absolute atomic E-state index is 13.6. The lowest BCUT2D eigenvalue weighted by Crippen LogP contribution is -2.27. The molecule has 7 nitrogen and oxygen atoms in total. The van der Waals surface area contributed by atoms with Crippen molar-refractivity contribution in [1.82, 2.24) is 24.9 Å². The zero-order valence-electron chi connectivity index (χ0n) is 15.8. The van der Waals surface area contributed by atoms with E-state index >= 15 is 0 Å². The number of aromatic nitrogens is 4. The predicted octanol–water partition coefficient (Wildman–Crippen LogP) is 3.21. The average molecular weight is 389 g/mol. The Morgan fingerprint density at radius 3 is 2.79 bits per heavy atom. The van der Waals surface area contributed by atoms with Gasteiger partial charge in [-0.25, -0.2) is 13.5 Å². The Hall–Kier alpha value is -3.23. The Kier molecular flexibility index (Phi) is 5.72. The maximum atomic E-state index is 13.6. The molecule has 3 rings (SSSR count). The Morgan fingerprint density at radius 1 is 1.32 bits per heavy atom. The van der Waals surface area contributed by atoms with Crippen LogP contribution in [0.1, 0.15) is 41.6 Å². The van der Waals surface area contributed by atoms with Gasteiger partial charge in [-0.2, -0.15) is 10.2 Å². The van der Waals surface area contributed by atoms with E-state index in [-0.39, 0.29) is 30.1 Å². The zero-order valence-corrected chi connectivity index (χ0v) is 15.8. The van der Waals surface area contributed by atoms with Crippen LogP contribution in [-0.2, 0) is 13.3 Å². The highest BCUT2D eigenvalue weighted by molar-refractivity contribution is 5.92. The molecule has 0 saturated heterocycles. The van der Waals surface area contributed by atoms with Gasteiger partial charge in [0.05, 0.1) is 12.2 Å². The fraction of sp³-hybridized carbons (Fsp3) is 0.316. The van der Waals surface area contributed by atoms with E-state index < -0.39 is 11.6 Å². The molecule has 0 spiro atoms. The van der Waals surface area contributed by atoms with Crippen molar-refractivity contribution in [3.63, 3.8) is 0 Å². The number of aryl methyl sites for hydroxylation is 1. The molecule has 1 amide bonds. The van der Waals surface area contributed by atoms with Crippen LogP contribution in [0, 0.1) is 18.6 Å². The number of nitrogens with zero attached hydrogens (tertiary/aromatic N) is 4. The molecular weight excluding hydrogens is 368 g/mol. The molecule has 1 atom stereocenters. The van der Waals surface area contributed by atoms with Crippen LogP contribution in [-0.4, -0.2) is 25.5 Å². The number of hydrogen-bond donors (Lipinski definition) is 1. The first kappa shape index (κ1) is 19.5. The number of hydrogen-bond acceptors (Lipinski definition) is 4. The van der Waals surface area contributed by atoms with Crippen molar-refractivity contribution in [3.05, 3.63) is 65.2 Å². The second kappa shape index (κ2) is 8.20. The third-order valence-electron chi connectivity index (χ3n) is 4.37. The molecule has 0 radical (unpaired) electrons. The van der Waals surface area contributed by atoms with E-state index in [1.807, 2.05) is 25.5 Å². The quantitative estimate of drug-likeness (QED) is 0.673. The van der Waals surface area contributed by atoms with Crippen molar-refractivity contribution in [1.29, 1.82) is 0 Å². The second-order valence-electron chi connectivity index (χ2n) is 6.28. The molecule has 0 bridgehead atoms. The Labute approximate surface area is 160 Å². The molecule has 0 saturated carbocycles. The fourth-order valence-corrected chi connectivity index (χ4v) is 2.84. The number of amides is 1. The Morgan fingerprint density at radius 2 is 2.11 bits per heavy atom. The van der Waals surface area contributed by atoms with Gasteiger partial charge in [-0.05, 0) is 39.0 Å². The van der Waals surface area contributed by atoms with Crippen LogP contribution in [0.25, 0.3) is 0 Å². The standard InChI is InChI=1S/C19H21F2N5O2/c1-4-26-13(3)15(10-22-26)12(2)23-19(27)17-7-8-25(24-17)11-28-18-6-5-14(20)9-16(18)21/h5-10,12H,4,11H2,1-3H3,(H,23,27). The van der Waals surface area contributed by atoms with E-state index in [2.05, 4.69) is 15.5 Å². The van der Waals surface area contributed by atoms with Crippen LogP contribution in [0.15, 0.2) is 36.7 Å². The van der Waals surface area contributed by atoms with Crippen LogP contribution in [0.2, 0.25) is 0 Å². The first-order chi connectivity index (χ1) is 13.4. The Bertz CT molecular complexity index is 983. The van der Waals surface area contributed by atoms with Crippen LogP contribution in [0.5, 0.6) is 5.75 Å². The zero-order chi connectivity index (χ0) is 20.3. The summed E-state index contributed by atoms with van der Waals surface area (Å²) in [6.07, 6.45) is 3.29. The van der Waals surface area contributed by atoms with E-state index in [4.69, 9.17) is 4.74 Å². The summed E-state index contributed by atoms with van der Waals surface area (Å²) >= 11 is 0. The second-order valence-corrected chi connectivity index (χ2v) is 6.28. The third kappa shape index (κ3) is 4.19. The maximum Gasteiger partial charge on any atom is 0.272 e. The first-order valence-corrected chi connectivity index (χ1v) is 8.83. The highest BCUT2D eigenvalue weighted by Gasteiger charge is 2.17. The van der Waals surface area contributed by atoms with E-state index in [9.17, 15) is 13.6 Å². The molecule has 0 aliphatic carbocycles. The minimum atomic E-state index is -0.804. The van der Waals surface area contributed by atoms with Crippen LogP contribution in [0.3, 0.4) is 0 Å². The number of halogens is 2. The molecule has 3 aromatic rings. The van der Waals surface area contributed by atoms with Gasteiger partial charge >= 0.3 is 0 Å². The summed E-state index contributed by atoms with van der Waals surface area (Å²) in [4.78, 5) is 12.4. The lowest BCUT2D eigenvalue weighted by molar-refractivity contribution is 0.0932. The van der Waals surface area contributed by atoms with Gasteiger partial charge in [-0.1, -0.05) is 0 Å². The summed E-state index contributed by atoms with van der Waals surface area (Å²) in [7, 11) is 0. The highest BCUT2D eigenvalue weighted by atomic mass is 19.1. The molecule has 2 aromatic heterocycles. The lowest BCUT2D eigenvalue weighted by atomic mass is 10.1. The molecule has 0 fully saturated rings. The van der Waals surface area contributed by atoms with Gasteiger partial charge in [0, 0.05) is 30.1 Å². The third-order valence-corrected chi connectivity index (χ3v) is 4.37. The van der Waals surface area contributed by atoms with Crippen molar-refractivity contribution < 1.29 is 18.3 Å². The number of benzene rings is 1. The van der Waals surface area contributed by atoms with Crippen molar-refractivity contribution in [3.8, 4) is 5.75 Å². The van der Waals surface area contributed by atoms with Gasteiger partial charge in [-0.3, -0.25) is 9.48 Å². The van der Waals surface area contributed by atoms with E-state index in [0.717, 1.165) is 29.9 Å².